The van der Waals surface area contributed by atoms with E-state index in [4.69, 9.17) is 23.7 Å². The van der Waals surface area contributed by atoms with Gasteiger partial charge in [-0.05, 0) is 12.8 Å². The number of rotatable bonds is 35. The van der Waals surface area contributed by atoms with Gasteiger partial charge in [0, 0.05) is 20.0 Å². The van der Waals surface area contributed by atoms with Crippen LogP contribution in [0.2, 0.25) is 0 Å². The second-order valence-corrected chi connectivity index (χ2v) is 12.0. The third kappa shape index (κ3) is 33.5. The molecule has 0 amide bonds. The molecule has 7 nitrogen and oxygen atoms in total. The highest BCUT2D eigenvalue weighted by Gasteiger charge is 2.17. The van der Waals surface area contributed by atoms with Gasteiger partial charge in [-0.15, -0.1) is 0 Å². The summed E-state index contributed by atoms with van der Waals surface area (Å²) in [5.41, 5.74) is 0. The molecule has 0 aromatic rings. The molecule has 1 atom stereocenters. The molecule has 0 N–H and O–H groups in total. The van der Waals surface area contributed by atoms with Crippen LogP contribution in [0, 0.1) is 0 Å². The third-order valence-corrected chi connectivity index (χ3v) is 7.80. The first kappa shape index (κ1) is 41.8. The van der Waals surface area contributed by atoms with Gasteiger partial charge in [-0.1, -0.05) is 142 Å². The zero-order valence-corrected chi connectivity index (χ0v) is 28.6. The Morgan fingerprint density at radius 2 is 0.860 bits per heavy atom. The van der Waals surface area contributed by atoms with Crippen molar-refractivity contribution in [1.82, 2.24) is 0 Å². The van der Waals surface area contributed by atoms with E-state index in [2.05, 4.69) is 13.8 Å². The number of methoxy groups -OCH3 is 1. The van der Waals surface area contributed by atoms with Crippen LogP contribution in [0.3, 0.4) is 0 Å². The summed E-state index contributed by atoms with van der Waals surface area (Å²) >= 11 is 0. The first-order chi connectivity index (χ1) is 21.1. The molecule has 0 aromatic heterocycles. The lowest BCUT2D eigenvalue weighted by atomic mass is 10.1. The predicted octanol–water partition coefficient (Wildman–Crippen LogP) is 9.52. The molecule has 0 radical (unpaired) electrons. The maximum Gasteiger partial charge on any atom is 0.306 e. The van der Waals surface area contributed by atoms with Gasteiger partial charge in [0.1, 0.15) is 6.61 Å². The van der Waals surface area contributed by atoms with Gasteiger partial charge in [-0.2, -0.15) is 0 Å². The van der Waals surface area contributed by atoms with Gasteiger partial charge in [0.05, 0.1) is 33.0 Å². The van der Waals surface area contributed by atoms with Crippen molar-refractivity contribution in [3.63, 3.8) is 0 Å². The highest BCUT2D eigenvalue weighted by atomic mass is 16.6. The number of unbranched alkanes of at least 4 members (excludes halogenated alkanes) is 20. The van der Waals surface area contributed by atoms with Crippen molar-refractivity contribution >= 4 is 11.9 Å². The molecule has 0 aliphatic heterocycles. The van der Waals surface area contributed by atoms with Crippen LogP contribution in [0.25, 0.3) is 0 Å². The summed E-state index contributed by atoms with van der Waals surface area (Å²) in [7, 11) is 1.63. The van der Waals surface area contributed by atoms with Gasteiger partial charge < -0.3 is 23.7 Å². The van der Waals surface area contributed by atoms with E-state index >= 15 is 0 Å². The van der Waals surface area contributed by atoms with Crippen LogP contribution in [0.15, 0.2) is 0 Å². The maximum absolute atomic E-state index is 12.5. The van der Waals surface area contributed by atoms with Gasteiger partial charge in [-0.25, -0.2) is 0 Å². The minimum atomic E-state index is -0.597. The Labute approximate surface area is 265 Å². The number of hydrogen-bond acceptors (Lipinski definition) is 7. The molecule has 0 aromatic carbocycles. The van der Waals surface area contributed by atoms with Crippen LogP contribution in [-0.2, 0) is 33.3 Å². The van der Waals surface area contributed by atoms with Crippen LogP contribution in [0.5, 0.6) is 0 Å². The summed E-state index contributed by atoms with van der Waals surface area (Å²) < 4.78 is 27.2. The van der Waals surface area contributed by atoms with Crippen molar-refractivity contribution < 1.29 is 33.3 Å². The molecule has 0 unspecified atom stereocenters. The van der Waals surface area contributed by atoms with Gasteiger partial charge >= 0.3 is 11.9 Å². The number of ether oxygens (including phenoxy) is 5. The second kappa shape index (κ2) is 35.3. The van der Waals surface area contributed by atoms with Crippen LogP contribution < -0.4 is 0 Å². The summed E-state index contributed by atoms with van der Waals surface area (Å²) in [6.45, 7) is 6.57. The molecule has 0 aliphatic rings. The second-order valence-electron chi connectivity index (χ2n) is 12.0. The summed E-state index contributed by atoms with van der Waals surface area (Å²) in [5.74, 6) is -0.479. The smallest absolute Gasteiger partial charge is 0.306 e. The highest BCUT2D eigenvalue weighted by molar-refractivity contribution is 5.70. The predicted molar refractivity (Wildman–Crippen MR) is 177 cm³/mol. The normalized spacial score (nSPS) is 12.0. The average molecular weight is 615 g/mol. The zero-order chi connectivity index (χ0) is 31.5. The fourth-order valence-corrected chi connectivity index (χ4v) is 5.06. The number of esters is 2. The number of carbonyl (C=O) groups is 2. The SMILES string of the molecule is CCCCCCCCCCCCCC(=O)OC[C@H](COCCOCCOC)OC(=O)CCCCCCCCCCCCC. The number of carbonyl (C=O) groups excluding carboxylic acids is 2. The Hall–Kier alpha value is -1.18. The Kier molecular flexibility index (Phi) is 34.3. The largest absolute Gasteiger partial charge is 0.462 e. The molecule has 0 heterocycles. The topological polar surface area (TPSA) is 80.3 Å². The fraction of sp³-hybridized carbons (Fsp3) is 0.944. The molecule has 0 aliphatic carbocycles. The molecule has 0 fully saturated rings. The van der Waals surface area contributed by atoms with E-state index < -0.39 is 6.10 Å². The van der Waals surface area contributed by atoms with E-state index in [1.54, 1.807) is 7.11 Å². The van der Waals surface area contributed by atoms with Crippen LogP contribution in [0.4, 0.5) is 0 Å². The third-order valence-electron chi connectivity index (χ3n) is 7.80. The van der Waals surface area contributed by atoms with Crippen molar-refractivity contribution in [1.29, 1.82) is 0 Å². The molecular weight excluding hydrogens is 544 g/mol. The first-order valence-electron chi connectivity index (χ1n) is 18.1. The van der Waals surface area contributed by atoms with E-state index in [9.17, 15) is 9.59 Å². The lowest BCUT2D eigenvalue weighted by molar-refractivity contribution is -0.163. The van der Waals surface area contributed by atoms with E-state index in [0.29, 0.717) is 39.3 Å². The minimum Gasteiger partial charge on any atom is -0.462 e. The summed E-state index contributed by atoms with van der Waals surface area (Å²) in [4.78, 5) is 24.8. The minimum absolute atomic E-state index is 0.0331. The molecule has 0 saturated heterocycles. The lowest BCUT2D eigenvalue weighted by Gasteiger charge is -2.18. The highest BCUT2D eigenvalue weighted by Crippen LogP contribution is 2.14. The Balaban J connectivity index is 4.10. The van der Waals surface area contributed by atoms with Gasteiger partial charge in [0.2, 0.25) is 0 Å². The van der Waals surface area contributed by atoms with Crippen molar-refractivity contribution in [2.45, 2.75) is 174 Å². The molecule has 0 spiro atoms. The monoisotopic (exact) mass is 615 g/mol. The van der Waals surface area contributed by atoms with Crippen LogP contribution in [0.1, 0.15) is 168 Å². The number of hydrogen-bond donors (Lipinski definition) is 0. The Bertz CT molecular complexity index is 584. The van der Waals surface area contributed by atoms with Gasteiger partial charge in [0.15, 0.2) is 6.10 Å². The van der Waals surface area contributed by atoms with Gasteiger partial charge in [-0.3, -0.25) is 9.59 Å². The van der Waals surface area contributed by atoms with Crippen molar-refractivity contribution in [2.75, 3.05) is 46.8 Å². The van der Waals surface area contributed by atoms with Crippen LogP contribution >= 0.6 is 0 Å². The summed E-state index contributed by atoms with van der Waals surface area (Å²) in [6, 6.07) is 0. The standard InChI is InChI=1S/C36H70O7/c1-4-6-8-10-12-14-16-18-20-22-24-26-35(37)42-33-34(32-41-31-30-40-29-28-39-3)43-36(38)27-25-23-21-19-17-15-13-11-9-7-5-2/h34H,4-33H2,1-3H3/t34-/m0/s1. The average Bonchev–Trinajstić information content (AvgIpc) is 3.00. The van der Waals surface area contributed by atoms with E-state index in [-0.39, 0.29) is 25.2 Å². The maximum atomic E-state index is 12.5. The summed E-state index contributed by atoms with van der Waals surface area (Å²) in [5, 5.41) is 0. The quantitative estimate of drug-likeness (QED) is 0.0519. The van der Waals surface area contributed by atoms with E-state index in [1.165, 1.54) is 109 Å². The molecule has 256 valence electrons. The first-order valence-corrected chi connectivity index (χ1v) is 18.1. The molecule has 0 bridgehead atoms. The molecule has 0 saturated carbocycles. The summed E-state index contributed by atoms with van der Waals surface area (Å²) in [6.07, 6.45) is 27.5. The molecule has 7 heteroatoms. The van der Waals surface area contributed by atoms with Crippen molar-refractivity contribution in [3.05, 3.63) is 0 Å². The molecule has 43 heavy (non-hydrogen) atoms. The lowest BCUT2D eigenvalue weighted by Crippen LogP contribution is -2.30. The fourth-order valence-electron chi connectivity index (χ4n) is 5.06. The van der Waals surface area contributed by atoms with Crippen LogP contribution in [-0.4, -0.2) is 64.8 Å². The van der Waals surface area contributed by atoms with E-state index in [0.717, 1.165) is 32.1 Å². The Morgan fingerprint density at radius 3 is 1.33 bits per heavy atom. The molecule has 0 rings (SSSR count). The van der Waals surface area contributed by atoms with Crippen molar-refractivity contribution in [2.24, 2.45) is 0 Å². The zero-order valence-electron chi connectivity index (χ0n) is 28.6. The molecular formula is C36H70O7. The Morgan fingerprint density at radius 1 is 0.465 bits per heavy atom. The van der Waals surface area contributed by atoms with Crippen molar-refractivity contribution in [3.8, 4) is 0 Å². The van der Waals surface area contributed by atoms with E-state index in [1.807, 2.05) is 0 Å². The van der Waals surface area contributed by atoms with Gasteiger partial charge in [0.25, 0.3) is 0 Å².